The van der Waals surface area contributed by atoms with Crippen LogP contribution < -0.4 is 0 Å². The zero-order valence-electron chi connectivity index (χ0n) is 7.35. The number of carboxylic acid groups (broad SMARTS) is 1. The Kier molecular flexibility index (Phi) is 2.66. The van der Waals surface area contributed by atoms with Gasteiger partial charge >= 0.3 is 5.97 Å². The summed E-state index contributed by atoms with van der Waals surface area (Å²) in [7, 11) is 0. The van der Waals surface area contributed by atoms with E-state index >= 15 is 0 Å². The number of carboxylic acids is 1. The maximum absolute atomic E-state index is 10.6. The zero-order chi connectivity index (χ0) is 10.8. The third-order valence-electron chi connectivity index (χ3n) is 1.71. The third-order valence-corrected chi connectivity index (χ3v) is 2.99. The molecule has 4 nitrogen and oxygen atoms in total. The van der Waals surface area contributed by atoms with Gasteiger partial charge in [-0.3, -0.25) is 0 Å². The van der Waals surface area contributed by atoms with Crippen LogP contribution in [0.25, 0.3) is 10.6 Å². The summed E-state index contributed by atoms with van der Waals surface area (Å²) in [6.07, 6.45) is 0. The predicted molar refractivity (Wildman–Crippen MR) is 57.3 cm³/mol. The van der Waals surface area contributed by atoms with E-state index in [4.69, 9.17) is 16.7 Å². The van der Waals surface area contributed by atoms with Crippen molar-refractivity contribution >= 4 is 28.9 Å². The fourth-order valence-electron chi connectivity index (χ4n) is 1.05. The smallest absolute Gasteiger partial charge is 0.367 e. The van der Waals surface area contributed by atoms with E-state index < -0.39 is 5.97 Å². The summed E-state index contributed by atoms with van der Waals surface area (Å²) in [6, 6.07) is 7.10. The molecule has 15 heavy (non-hydrogen) atoms. The number of aromatic nitrogens is 2. The van der Waals surface area contributed by atoms with Crippen LogP contribution in [0.4, 0.5) is 0 Å². The van der Waals surface area contributed by atoms with Crippen LogP contribution in [-0.2, 0) is 0 Å². The molecule has 0 bridgehead atoms. The Morgan fingerprint density at radius 1 is 1.33 bits per heavy atom. The molecule has 76 valence electrons. The molecular weight excluding hydrogens is 236 g/mol. The van der Waals surface area contributed by atoms with E-state index in [1.807, 2.05) is 6.07 Å². The Morgan fingerprint density at radius 3 is 2.67 bits per heavy atom. The Morgan fingerprint density at radius 2 is 2.07 bits per heavy atom. The first-order chi connectivity index (χ1) is 7.18. The quantitative estimate of drug-likeness (QED) is 0.876. The first kappa shape index (κ1) is 10.1. The molecule has 0 saturated heterocycles. The van der Waals surface area contributed by atoms with Gasteiger partial charge in [-0.2, -0.15) is 0 Å². The van der Waals surface area contributed by atoms with Crippen molar-refractivity contribution in [3.05, 3.63) is 34.3 Å². The average Bonchev–Trinajstić information content (AvgIpc) is 2.67. The van der Waals surface area contributed by atoms with Crippen LogP contribution in [0.15, 0.2) is 24.3 Å². The van der Waals surface area contributed by atoms with E-state index in [1.54, 1.807) is 18.2 Å². The normalized spacial score (nSPS) is 10.2. The second-order valence-corrected chi connectivity index (χ2v) is 4.08. The molecule has 6 heteroatoms. The number of hydrogen-bond donors (Lipinski definition) is 1. The highest BCUT2D eigenvalue weighted by molar-refractivity contribution is 7.16. The molecule has 0 amide bonds. The van der Waals surface area contributed by atoms with E-state index in [-0.39, 0.29) is 5.01 Å². The highest BCUT2D eigenvalue weighted by atomic mass is 35.5. The molecule has 0 aliphatic rings. The number of nitrogens with zero attached hydrogens (tertiary/aromatic N) is 2. The highest BCUT2D eigenvalue weighted by Gasteiger charge is 2.13. The predicted octanol–water partition coefficient (Wildman–Crippen LogP) is 2.56. The lowest BCUT2D eigenvalue weighted by Crippen LogP contribution is -1.93. The lowest BCUT2D eigenvalue weighted by Gasteiger charge is -1.96. The van der Waals surface area contributed by atoms with Gasteiger partial charge in [0.15, 0.2) is 0 Å². The standard InChI is InChI=1S/C9H5ClN2O2S/c10-6-4-2-1-3-5(6)7-11-12-8(15-7)9(13)14/h1-4H,(H,13,14). The summed E-state index contributed by atoms with van der Waals surface area (Å²) in [5.41, 5.74) is 0.698. The number of aromatic carboxylic acids is 1. The maximum atomic E-state index is 10.6. The van der Waals surface area contributed by atoms with Crippen LogP contribution >= 0.6 is 22.9 Å². The minimum atomic E-state index is -1.08. The average molecular weight is 241 g/mol. The fourth-order valence-corrected chi connectivity index (χ4v) is 2.06. The van der Waals surface area contributed by atoms with Crippen LogP contribution in [-0.4, -0.2) is 21.3 Å². The minimum Gasteiger partial charge on any atom is -0.476 e. The van der Waals surface area contributed by atoms with Crippen molar-refractivity contribution in [2.75, 3.05) is 0 Å². The third kappa shape index (κ3) is 1.98. The molecule has 1 aromatic carbocycles. The topological polar surface area (TPSA) is 63.1 Å². The second-order valence-electron chi connectivity index (χ2n) is 2.70. The molecule has 0 unspecified atom stereocenters. The van der Waals surface area contributed by atoms with Gasteiger partial charge in [0, 0.05) is 5.56 Å². The molecule has 2 aromatic rings. The van der Waals surface area contributed by atoms with Crippen LogP contribution in [0.2, 0.25) is 5.02 Å². The molecule has 0 saturated carbocycles. The van der Waals surface area contributed by atoms with Gasteiger partial charge in [-0.1, -0.05) is 41.1 Å². The van der Waals surface area contributed by atoms with Gasteiger partial charge < -0.3 is 5.11 Å². The van der Waals surface area contributed by atoms with Gasteiger partial charge in [0.25, 0.3) is 0 Å². The molecule has 0 radical (unpaired) electrons. The summed E-state index contributed by atoms with van der Waals surface area (Å²) in [5.74, 6) is -1.08. The van der Waals surface area contributed by atoms with Crippen LogP contribution in [0.3, 0.4) is 0 Å². The number of benzene rings is 1. The van der Waals surface area contributed by atoms with Gasteiger partial charge in [-0.15, -0.1) is 10.2 Å². The molecule has 1 N–H and O–H groups in total. The second kappa shape index (κ2) is 3.96. The fraction of sp³-hybridized carbons (Fsp3) is 0. The molecule has 2 rings (SSSR count). The van der Waals surface area contributed by atoms with Crippen molar-refractivity contribution in [2.24, 2.45) is 0 Å². The van der Waals surface area contributed by atoms with E-state index in [1.165, 1.54) is 0 Å². The molecule has 0 spiro atoms. The first-order valence-corrected chi connectivity index (χ1v) is 5.19. The minimum absolute atomic E-state index is 0.0371. The number of carbonyl (C=O) groups is 1. The monoisotopic (exact) mass is 240 g/mol. The van der Waals surface area contributed by atoms with Gasteiger partial charge in [0.2, 0.25) is 5.01 Å². The lowest BCUT2D eigenvalue weighted by molar-refractivity contribution is 0.0695. The molecule has 0 fully saturated rings. The van der Waals surface area contributed by atoms with Crippen molar-refractivity contribution in [1.82, 2.24) is 10.2 Å². The molecule has 0 atom stereocenters. The summed E-state index contributed by atoms with van der Waals surface area (Å²) in [5, 5.41) is 17.0. The van der Waals surface area contributed by atoms with Gasteiger partial charge in [0.05, 0.1) is 5.02 Å². The summed E-state index contributed by atoms with van der Waals surface area (Å²) >= 11 is 6.94. The van der Waals surface area contributed by atoms with Gasteiger partial charge in [-0.25, -0.2) is 4.79 Å². The molecule has 0 aliphatic heterocycles. The Hall–Kier alpha value is -1.46. The van der Waals surface area contributed by atoms with E-state index in [0.717, 1.165) is 11.3 Å². The summed E-state index contributed by atoms with van der Waals surface area (Å²) in [4.78, 5) is 10.6. The number of rotatable bonds is 2. The van der Waals surface area contributed by atoms with Crippen LogP contribution in [0.1, 0.15) is 9.80 Å². The zero-order valence-corrected chi connectivity index (χ0v) is 8.92. The van der Waals surface area contributed by atoms with E-state index in [2.05, 4.69) is 10.2 Å². The summed E-state index contributed by atoms with van der Waals surface area (Å²) < 4.78 is 0. The van der Waals surface area contributed by atoms with Crippen molar-refractivity contribution < 1.29 is 9.90 Å². The van der Waals surface area contributed by atoms with E-state index in [0.29, 0.717) is 15.6 Å². The van der Waals surface area contributed by atoms with Crippen LogP contribution in [0.5, 0.6) is 0 Å². The van der Waals surface area contributed by atoms with E-state index in [9.17, 15) is 4.79 Å². The van der Waals surface area contributed by atoms with Crippen molar-refractivity contribution in [1.29, 1.82) is 0 Å². The van der Waals surface area contributed by atoms with Crippen molar-refractivity contribution in [3.63, 3.8) is 0 Å². The Balaban J connectivity index is 2.46. The van der Waals surface area contributed by atoms with Crippen molar-refractivity contribution in [3.8, 4) is 10.6 Å². The largest absolute Gasteiger partial charge is 0.476 e. The van der Waals surface area contributed by atoms with Gasteiger partial charge in [0.1, 0.15) is 5.01 Å². The Bertz CT molecular complexity index is 512. The highest BCUT2D eigenvalue weighted by Crippen LogP contribution is 2.29. The molecular formula is C9H5ClN2O2S. The summed E-state index contributed by atoms with van der Waals surface area (Å²) in [6.45, 7) is 0. The maximum Gasteiger partial charge on any atom is 0.367 e. The Labute approximate surface area is 94.2 Å². The van der Waals surface area contributed by atoms with Crippen molar-refractivity contribution in [2.45, 2.75) is 0 Å². The lowest BCUT2D eigenvalue weighted by atomic mass is 10.2. The molecule has 1 heterocycles. The number of halogens is 1. The molecule has 1 aromatic heterocycles. The first-order valence-electron chi connectivity index (χ1n) is 4.00. The van der Waals surface area contributed by atoms with Gasteiger partial charge in [-0.05, 0) is 6.07 Å². The molecule has 0 aliphatic carbocycles. The van der Waals surface area contributed by atoms with Crippen LogP contribution in [0, 0.1) is 0 Å². The number of hydrogen-bond acceptors (Lipinski definition) is 4. The SMILES string of the molecule is O=C(O)c1nnc(-c2ccccc2Cl)s1.